The maximum absolute atomic E-state index is 13.0. The van der Waals surface area contributed by atoms with E-state index in [9.17, 15) is 4.79 Å². The standard InChI is InChI=1S/C21H18N2O2S/c1-3-18-15(14-9-5-7-11-19(14)25-18)12-16-20(24)23(21(26)22-16)17-10-6-4-8-13(17)2/h4-12H,3H2,1-2H3,(H,22,26)/b16-12-. The Hall–Kier alpha value is -2.92. The van der Waals surface area contributed by atoms with Crippen LogP contribution in [0.15, 0.2) is 58.6 Å². The molecule has 2 aromatic carbocycles. The fourth-order valence-electron chi connectivity index (χ4n) is 3.25. The Morgan fingerprint density at radius 3 is 2.65 bits per heavy atom. The summed E-state index contributed by atoms with van der Waals surface area (Å²) >= 11 is 5.42. The van der Waals surface area contributed by atoms with Crippen LogP contribution >= 0.6 is 12.2 Å². The van der Waals surface area contributed by atoms with Crippen LogP contribution in [0.1, 0.15) is 23.8 Å². The molecule has 1 aliphatic heterocycles. The van der Waals surface area contributed by atoms with Gasteiger partial charge in [-0.25, -0.2) is 0 Å². The van der Waals surface area contributed by atoms with Crippen molar-refractivity contribution in [1.29, 1.82) is 0 Å². The van der Waals surface area contributed by atoms with Gasteiger partial charge in [-0.1, -0.05) is 43.3 Å². The lowest BCUT2D eigenvalue weighted by molar-refractivity contribution is -0.113. The van der Waals surface area contributed by atoms with E-state index in [4.69, 9.17) is 16.6 Å². The Morgan fingerprint density at radius 2 is 1.88 bits per heavy atom. The second-order valence-corrected chi connectivity index (χ2v) is 6.59. The molecule has 1 N–H and O–H groups in total. The largest absolute Gasteiger partial charge is 0.460 e. The molecule has 0 aliphatic carbocycles. The van der Waals surface area contributed by atoms with Crippen molar-refractivity contribution in [1.82, 2.24) is 5.32 Å². The fraction of sp³-hybridized carbons (Fsp3) is 0.143. The van der Waals surface area contributed by atoms with Gasteiger partial charge in [-0.2, -0.15) is 0 Å². The molecule has 130 valence electrons. The topological polar surface area (TPSA) is 45.5 Å². The maximum Gasteiger partial charge on any atom is 0.281 e. The summed E-state index contributed by atoms with van der Waals surface area (Å²) in [4.78, 5) is 14.6. The summed E-state index contributed by atoms with van der Waals surface area (Å²) in [6.07, 6.45) is 2.59. The fourth-order valence-corrected chi connectivity index (χ4v) is 3.54. The molecule has 26 heavy (non-hydrogen) atoms. The summed E-state index contributed by atoms with van der Waals surface area (Å²) in [6.45, 7) is 4.00. The predicted molar refractivity (Wildman–Crippen MR) is 108 cm³/mol. The molecular weight excluding hydrogens is 344 g/mol. The molecule has 4 nitrogen and oxygen atoms in total. The first-order chi connectivity index (χ1) is 12.6. The molecule has 5 heteroatoms. The minimum atomic E-state index is -0.156. The van der Waals surface area contributed by atoms with E-state index < -0.39 is 0 Å². The molecule has 4 rings (SSSR count). The highest BCUT2D eigenvalue weighted by Gasteiger charge is 2.33. The molecule has 0 saturated carbocycles. The highest BCUT2D eigenvalue weighted by atomic mass is 32.1. The van der Waals surface area contributed by atoms with Gasteiger partial charge in [-0.15, -0.1) is 0 Å². The zero-order valence-corrected chi connectivity index (χ0v) is 15.4. The third-order valence-electron chi connectivity index (χ3n) is 4.56. The highest BCUT2D eigenvalue weighted by molar-refractivity contribution is 7.80. The van der Waals surface area contributed by atoms with Gasteiger partial charge in [0.1, 0.15) is 17.0 Å². The van der Waals surface area contributed by atoms with Crippen LogP contribution in [0.2, 0.25) is 0 Å². The van der Waals surface area contributed by atoms with Crippen LogP contribution < -0.4 is 10.2 Å². The molecule has 3 aromatic rings. The van der Waals surface area contributed by atoms with Gasteiger partial charge in [0.2, 0.25) is 0 Å². The van der Waals surface area contributed by atoms with Crippen molar-refractivity contribution in [3.63, 3.8) is 0 Å². The molecule has 0 bridgehead atoms. The van der Waals surface area contributed by atoms with Crippen LogP contribution in [0.25, 0.3) is 17.0 Å². The van der Waals surface area contributed by atoms with Crippen LogP contribution in [-0.4, -0.2) is 11.0 Å². The highest BCUT2D eigenvalue weighted by Crippen LogP contribution is 2.30. The van der Waals surface area contributed by atoms with Crippen molar-refractivity contribution in [2.75, 3.05) is 4.90 Å². The van der Waals surface area contributed by atoms with Crippen molar-refractivity contribution in [3.8, 4) is 0 Å². The molecule has 1 aliphatic rings. The third kappa shape index (κ3) is 2.61. The van der Waals surface area contributed by atoms with E-state index in [1.54, 1.807) is 4.90 Å². The van der Waals surface area contributed by atoms with Gasteiger partial charge in [0.15, 0.2) is 5.11 Å². The number of thiocarbonyl (C=S) groups is 1. The number of hydrogen-bond donors (Lipinski definition) is 1. The Kier molecular flexibility index (Phi) is 4.09. The summed E-state index contributed by atoms with van der Waals surface area (Å²) in [7, 11) is 0. The number of fused-ring (bicyclic) bond motifs is 1. The molecule has 0 atom stereocenters. The molecule has 0 radical (unpaired) electrons. The van der Waals surface area contributed by atoms with Crippen LogP contribution in [0, 0.1) is 6.92 Å². The first kappa shape index (κ1) is 16.5. The summed E-state index contributed by atoms with van der Waals surface area (Å²) in [6, 6.07) is 15.5. The van der Waals surface area contributed by atoms with Gasteiger partial charge in [0, 0.05) is 17.4 Å². The number of carbonyl (C=O) groups is 1. The Bertz CT molecular complexity index is 1060. The normalized spacial score (nSPS) is 15.9. The van der Waals surface area contributed by atoms with Crippen LogP contribution in [0.5, 0.6) is 0 Å². The van der Waals surface area contributed by atoms with Crippen LogP contribution in [0.3, 0.4) is 0 Å². The van der Waals surface area contributed by atoms with Crippen molar-refractivity contribution in [3.05, 3.63) is 71.1 Å². The molecular formula is C21H18N2O2S. The number of hydrogen-bond acceptors (Lipinski definition) is 3. The van der Waals surface area contributed by atoms with E-state index in [2.05, 4.69) is 5.32 Å². The zero-order valence-electron chi connectivity index (χ0n) is 14.6. The number of anilines is 1. The smallest absolute Gasteiger partial charge is 0.281 e. The van der Waals surface area contributed by atoms with E-state index in [-0.39, 0.29) is 5.91 Å². The molecule has 2 heterocycles. The number of amides is 1. The molecule has 1 saturated heterocycles. The number of benzene rings is 2. The summed E-state index contributed by atoms with van der Waals surface area (Å²) < 4.78 is 5.92. The lowest BCUT2D eigenvalue weighted by atomic mass is 10.1. The minimum Gasteiger partial charge on any atom is -0.460 e. The van der Waals surface area contributed by atoms with Gasteiger partial charge in [-0.3, -0.25) is 9.69 Å². The van der Waals surface area contributed by atoms with Crippen LogP contribution in [-0.2, 0) is 11.2 Å². The van der Waals surface area contributed by atoms with Crippen LogP contribution in [0.4, 0.5) is 5.69 Å². The maximum atomic E-state index is 13.0. The summed E-state index contributed by atoms with van der Waals surface area (Å²) in [5.41, 5.74) is 3.99. The monoisotopic (exact) mass is 362 g/mol. The molecule has 0 spiro atoms. The van der Waals surface area contributed by atoms with Gasteiger partial charge in [0.05, 0.1) is 5.69 Å². The zero-order chi connectivity index (χ0) is 18.3. The lowest BCUT2D eigenvalue weighted by Crippen LogP contribution is -2.30. The minimum absolute atomic E-state index is 0.156. The second kappa shape index (κ2) is 6.42. The average molecular weight is 362 g/mol. The van der Waals surface area contributed by atoms with Gasteiger partial charge in [0.25, 0.3) is 5.91 Å². The average Bonchev–Trinajstić information content (AvgIpc) is 3.13. The molecule has 1 fully saturated rings. The van der Waals surface area contributed by atoms with Crippen molar-refractivity contribution < 1.29 is 9.21 Å². The van der Waals surface area contributed by atoms with E-state index in [0.717, 1.165) is 40.0 Å². The molecule has 0 unspecified atom stereocenters. The number of carbonyl (C=O) groups excluding carboxylic acids is 1. The number of furan rings is 1. The number of nitrogens with one attached hydrogen (secondary N) is 1. The lowest BCUT2D eigenvalue weighted by Gasteiger charge is -2.16. The van der Waals surface area contributed by atoms with E-state index in [1.807, 2.05) is 68.5 Å². The predicted octanol–water partition coefficient (Wildman–Crippen LogP) is 4.57. The van der Waals surface area contributed by atoms with Gasteiger partial charge >= 0.3 is 0 Å². The van der Waals surface area contributed by atoms with Gasteiger partial charge < -0.3 is 9.73 Å². The Labute approximate surface area is 157 Å². The summed E-state index contributed by atoms with van der Waals surface area (Å²) in [5, 5.41) is 4.44. The van der Waals surface area contributed by atoms with Crippen molar-refractivity contribution in [2.45, 2.75) is 20.3 Å². The number of aryl methyl sites for hydroxylation is 2. The van der Waals surface area contributed by atoms with Crippen molar-refractivity contribution in [2.24, 2.45) is 0 Å². The number of rotatable bonds is 3. The van der Waals surface area contributed by atoms with E-state index >= 15 is 0 Å². The van der Waals surface area contributed by atoms with E-state index in [1.165, 1.54) is 0 Å². The molecule has 1 aromatic heterocycles. The molecule has 1 amide bonds. The SMILES string of the molecule is CCc1oc2ccccc2c1/C=C1\NC(=S)N(c2ccccc2C)C1=O. The third-order valence-corrected chi connectivity index (χ3v) is 4.84. The first-order valence-electron chi connectivity index (χ1n) is 8.53. The Balaban J connectivity index is 1.79. The van der Waals surface area contributed by atoms with E-state index in [0.29, 0.717) is 10.8 Å². The first-order valence-corrected chi connectivity index (χ1v) is 8.94. The number of para-hydroxylation sites is 2. The van der Waals surface area contributed by atoms with Gasteiger partial charge in [-0.05, 0) is 42.9 Å². The van der Waals surface area contributed by atoms with Crippen molar-refractivity contribution >= 4 is 46.0 Å². The quantitative estimate of drug-likeness (QED) is 0.548. The second-order valence-electron chi connectivity index (χ2n) is 6.20. The summed E-state index contributed by atoms with van der Waals surface area (Å²) in [5.74, 6) is 0.699. The number of nitrogens with zero attached hydrogens (tertiary/aromatic N) is 1. The Morgan fingerprint density at radius 1 is 1.15 bits per heavy atom.